The molecule has 0 saturated carbocycles. The van der Waals surface area contributed by atoms with Gasteiger partial charge in [0.05, 0.1) is 12.7 Å². The van der Waals surface area contributed by atoms with E-state index in [-0.39, 0.29) is 6.42 Å². The largest absolute Gasteiger partial charge is 0.481 e. The Morgan fingerprint density at radius 3 is 3.07 bits per heavy atom. The molecule has 0 amide bonds. The number of carboxylic acid groups (broad SMARTS) is 1. The summed E-state index contributed by atoms with van der Waals surface area (Å²) < 4.78 is 5.27. The third-order valence-electron chi connectivity index (χ3n) is 1.94. The van der Waals surface area contributed by atoms with Crippen molar-refractivity contribution in [3.05, 3.63) is 29.0 Å². The zero-order valence-corrected chi connectivity index (χ0v) is 8.87. The summed E-state index contributed by atoms with van der Waals surface area (Å²) >= 11 is 1.35. The number of furan rings is 1. The van der Waals surface area contributed by atoms with Crippen molar-refractivity contribution in [2.45, 2.75) is 13.3 Å². The molecular weight excluding hydrogens is 214 g/mol. The average Bonchev–Trinajstić information content (AvgIpc) is 2.72. The van der Waals surface area contributed by atoms with E-state index in [0.717, 1.165) is 21.2 Å². The molecular formula is C10H9NO3S. The zero-order chi connectivity index (χ0) is 10.8. The third-order valence-corrected chi connectivity index (χ3v) is 2.93. The van der Waals surface area contributed by atoms with Crippen LogP contribution in [0.15, 0.2) is 22.9 Å². The molecule has 0 aliphatic heterocycles. The van der Waals surface area contributed by atoms with E-state index in [0.29, 0.717) is 0 Å². The number of thiazole rings is 1. The second-order valence-electron chi connectivity index (χ2n) is 3.13. The lowest BCUT2D eigenvalue weighted by molar-refractivity contribution is -0.136. The van der Waals surface area contributed by atoms with Crippen LogP contribution in [0.2, 0.25) is 0 Å². The van der Waals surface area contributed by atoms with E-state index in [1.54, 1.807) is 12.5 Å². The smallest absolute Gasteiger partial charge is 0.308 e. The highest BCUT2D eigenvalue weighted by atomic mass is 32.1. The summed E-state index contributed by atoms with van der Waals surface area (Å²) in [5.74, 6) is -0.127. The molecule has 0 radical (unpaired) electrons. The number of aromatic nitrogens is 1. The van der Waals surface area contributed by atoms with Crippen LogP contribution >= 0.6 is 11.3 Å². The van der Waals surface area contributed by atoms with Crippen molar-refractivity contribution >= 4 is 17.3 Å². The highest BCUT2D eigenvalue weighted by molar-refractivity contribution is 7.15. The molecule has 5 heteroatoms. The minimum Gasteiger partial charge on any atom is -0.481 e. The molecule has 2 aromatic rings. The summed E-state index contributed by atoms with van der Waals surface area (Å²) in [7, 11) is 0. The van der Waals surface area contributed by atoms with Crippen LogP contribution in [0.5, 0.6) is 0 Å². The van der Waals surface area contributed by atoms with Gasteiger partial charge in [-0.25, -0.2) is 4.98 Å². The van der Waals surface area contributed by atoms with Crippen molar-refractivity contribution in [2.75, 3.05) is 0 Å². The first kappa shape index (κ1) is 9.92. The average molecular weight is 223 g/mol. The SMILES string of the molecule is Cc1ccoc1-c1ncc(CC(=O)O)s1. The Bertz CT molecular complexity index is 486. The molecule has 0 atom stereocenters. The summed E-state index contributed by atoms with van der Waals surface area (Å²) in [6.45, 7) is 1.93. The second kappa shape index (κ2) is 3.86. The fourth-order valence-electron chi connectivity index (χ4n) is 1.24. The van der Waals surface area contributed by atoms with Crippen LogP contribution in [-0.4, -0.2) is 16.1 Å². The lowest BCUT2D eigenvalue weighted by atomic mass is 10.3. The number of carbonyl (C=O) groups is 1. The molecule has 2 aromatic heterocycles. The van der Waals surface area contributed by atoms with Gasteiger partial charge in [0.2, 0.25) is 0 Å². The van der Waals surface area contributed by atoms with Gasteiger partial charge in [-0.15, -0.1) is 11.3 Å². The number of aliphatic carboxylic acids is 1. The van der Waals surface area contributed by atoms with Crippen LogP contribution in [-0.2, 0) is 11.2 Å². The summed E-state index contributed by atoms with van der Waals surface area (Å²) in [5.41, 5.74) is 1.01. The topological polar surface area (TPSA) is 63.3 Å². The van der Waals surface area contributed by atoms with Gasteiger partial charge in [0.25, 0.3) is 0 Å². The normalized spacial score (nSPS) is 10.5. The Labute approximate surface area is 90.2 Å². The Morgan fingerprint density at radius 2 is 2.47 bits per heavy atom. The Morgan fingerprint density at radius 1 is 1.67 bits per heavy atom. The molecule has 0 aliphatic carbocycles. The monoisotopic (exact) mass is 223 g/mol. The van der Waals surface area contributed by atoms with E-state index in [1.165, 1.54) is 11.3 Å². The fraction of sp³-hybridized carbons (Fsp3) is 0.200. The maximum atomic E-state index is 10.5. The van der Waals surface area contributed by atoms with E-state index < -0.39 is 5.97 Å². The number of aryl methyl sites for hydroxylation is 1. The van der Waals surface area contributed by atoms with Crippen LogP contribution in [0.1, 0.15) is 10.4 Å². The first-order valence-electron chi connectivity index (χ1n) is 4.38. The first-order valence-corrected chi connectivity index (χ1v) is 5.19. The maximum absolute atomic E-state index is 10.5. The van der Waals surface area contributed by atoms with Crippen LogP contribution in [0, 0.1) is 6.92 Å². The van der Waals surface area contributed by atoms with Crippen molar-refractivity contribution in [1.29, 1.82) is 0 Å². The molecule has 2 heterocycles. The molecule has 4 nitrogen and oxygen atoms in total. The minimum absolute atomic E-state index is 0.0113. The zero-order valence-electron chi connectivity index (χ0n) is 8.06. The summed E-state index contributed by atoms with van der Waals surface area (Å²) in [6, 6.07) is 1.85. The van der Waals surface area contributed by atoms with Gasteiger partial charge in [0.1, 0.15) is 0 Å². The Hall–Kier alpha value is -1.62. The lowest BCUT2D eigenvalue weighted by Crippen LogP contribution is -1.97. The predicted octanol–water partition coefficient (Wildman–Crippen LogP) is 2.34. The van der Waals surface area contributed by atoms with Crippen LogP contribution in [0.4, 0.5) is 0 Å². The molecule has 2 rings (SSSR count). The third kappa shape index (κ3) is 2.07. The number of hydrogen-bond acceptors (Lipinski definition) is 4. The molecule has 15 heavy (non-hydrogen) atoms. The van der Waals surface area contributed by atoms with Gasteiger partial charge in [-0.1, -0.05) is 0 Å². The van der Waals surface area contributed by atoms with E-state index in [1.807, 2.05) is 13.0 Å². The van der Waals surface area contributed by atoms with E-state index in [4.69, 9.17) is 9.52 Å². The van der Waals surface area contributed by atoms with Crippen LogP contribution in [0.25, 0.3) is 10.8 Å². The predicted molar refractivity (Wildman–Crippen MR) is 55.9 cm³/mol. The van der Waals surface area contributed by atoms with Gasteiger partial charge >= 0.3 is 5.97 Å². The molecule has 0 aliphatic rings. The van der Waals surface area contributed by atoms with Gasteiger partial charge < -0.3 is 9.52 Å². The van der Waals surface area contributed by atoms with E-state index in [9.17, 15) is 4.79 Å². The van der Waals surface area contributed by atoms with Gasteiger partial charge in [-0.3, -0.25) is 4.79 Å². The van der Waals surface area contributed by atoms with Crippen molar-refractivity contribution in [2.24, 2.45) is 0 Å². The maximum Gasteiger partial charge on any atom is 0.308 e. The number of nitrogens with zero attached hydrogens (tertiary/aromatic N) is 1. The molecule has 0 bridgehead atoms. The van der Waals surface area contributed by atoms with Gasteiger partial charge in [-0.2, -0.15) is 0 Å². The number of rotatable bonds is 3. The van der Waals surface area contributed by atoms with Crippen molar-refractivity contribution in [3.8, 4) is 10.8 Å². The van der Waals surface area contributed by atoms with Crippen molar-refractivity contribution in [1.82, 2.24) is 4.98 Å². The number of carboxylic acids is 1. The van der Waals surface area contributed by atoms with Crippen molar-refractivity contribution < 1.29 is 14.3 Å². The highest BCUT2D eigenvalue weighted by Gasteiger charge is 2.11. The van der Waals surface area contributed by atoms with Crippen LogP contribution in [0.3, 0.4) is 0 Å². The molecule has 0 unspecified atom stereocenters. The molecule has 78 valence electrons. The number of hydrogen-bond donors (Lipinski definition) is 1. The van der Waals surface area contributed by atoms with Crippen molar-refractivity contribution in [3.63, 3.8) is 0 Å². The van der Waals surface area contributed by atoms with E-state index in [2.05, 4.69) is 4.98 Å². The molecule has 1 N–H and O–H groups in total. The standard InChI is InChI=1S/C10H9NO3S/c1-6-2-3-14-9(6)10-11-5-7(15-10)4-8(12)13/h2-3,5H,4H2,1H3,(H,12,13). The van der Waals surface area contributed by atoms with Gasteiger partial charge in [0.15, 0.2) is 10.8 Å². The molecule has 0 aromatic carbocycles. The summed E-state index contributed by atoms with van der Waals surface area (Å²) in [5, 5.41) is 9.35. The first-order chi connectivity index (χ1) is 7.16. The minimum atomic E-state index is -0.846. The van der Waals surface area contributed by atoms with E-state index >= 15 is 0 Å². The van der Waals surface area contributed by atoms with Gasteiger partial charge in [-0.05, 0) is 18.6 Å². The lowest BCUT2D eigenvalue weighted by Gasteiger charge is -1.90. The fourth-order valence-corrected chi connectivity index (χ4v) is 2.19. The molecule has 0 spiro atoms. The Balaban J connectivity index is 2.28. The highest BCUT2D eigenvalue weighted by Crippen LogP contribution is 2.28. The quantitative estimate of drug-likeness (QED) is 0.867. The summed E-state index contributed by atoms with van der Waals surface area (Å²) in [6.07, 6.45) is 3.19. The summed E-state index contributed by atoms with van der Waals surface area (Å²) in [4.78, 5) is 15.4. The molecule has 0 saturated heterocycles. The molecule has 0 fully saturated rings. The second-order valence-corrected chi connectivity index (χ2v) is 4.25. The Kier molecular flexibility index (Phi) is 2.55. The van der Waals surface area contributed by atoms with Gasteiger partial charge in [0, 0.05) is 11.1 Å². The van der Waals surface area contributed by atoms with Crippen LogP contribution < -0.4 is 0 Å².